The second-order valence-electron chi connectivity index (χ2n) is 16.8. The molecule has 5 saturated heterocycles. The predicted molar refractivity (Wildman–Crippen MR) is 163 cm³/mol. The fourth-order valence-electron chi connectivity index (χ4n) is 12.6. The van der Waals surface area contributed by atoms with Gasteiger partial charge in [-0.25, -0.2) is 4.79 Å². The van der Waals surface area contributed by atoms with Crippen LogP contribution in [0.4, 0.5) is 0 Å². The third-order valence-corrected chi connectivity index (χ3v) is 17.0. The van der Waals surface area contributed by atoms with Crippen LogP contribution in [-0.4, -0.2) is 85.9 Å². The maximum absolute atomic E-state index is 12.5. The summed E-state index contributed by atoms with van der Waals surface area (Å²) in [6, 6.07) is 0. The molecule has 3 spiro atoms. The van der Waals surface area contributed by atoms with E-state index in [4.69, 9.17) is 33.3 Å². The zero-order chi connectivity index (χ0) is 32.5. The van der Waals surface area contributed by atoms with E-state index in [2.05, 4.69) is 99.4 Å². The molecule has 5 aliphatic heterocycles. The normalized spacial score (nSPS) is 60.8. The van der Waals surface area contributed by atoms with E-state index in [0.29, 0.717) is 23.8 Å². The average Bonchev–Trinajstić information content (AvgIpc) is 3.73. The lowest BCUT2D eigenvalue weighted by Gasteiger charge is -2.56. The van der Waals surface area contributed by atoms with E-state index in [1.165, 1.54) is 0 Å². The molecule has 3 saturated carbocycles. The standard InChI is InChI=1S/C16H21BrO5.C16H23BrO2.CO2/c1-12(2)9-8(18)10-14(4)15(12,22-13(9,3)6-17)5-7-16(14,21-7)11(19)20-10;1-12(2)10-6-7-14(4)15(5)11(18-15)8-16(12,14)19-13(10,3)9-17;2-1-3/h7-10,18H,5-6H2,1-4H3;6-7,10-11H,8-9H2,1-5H3;/t7-,8?,9?,10?,13-,14?,15?,16+;10?,11-,13-,14?,15-,16?;/m11./s1. The summed E-state index contributed by atoms with van der Waals surface area (Å²) >= 11 is 7.26. The van der Waals surface area contributed by atoms with Crippen molar-refractivity contribution in [1.29, 1.82) is 0 Å². The Hall–Kier alpha value is -0.650. The molecular formula is C33H44Br2O9. The number of aliphatic hydroxyl groups excluding tert-OH is 1. The Kier molecular flexibility index (Phi) is 6.16. The molecule has 8 fully saturated rings. The van der Waals surface area contributed by atoms with Crippen LogP contribution in [0, 0.1) is 33.5 Å². The van der Waals surface area contributed by atoms with Crippen molar-refractivity contribution < 1.29 is 43.2 Å². The molecule has 5 heterocycles. The van der Waals surface area contributed by atoms with Crippen molar-refractivity contribution in [3.63, 3.8) is 0 Å². The molecule has 0 aromatic heterocycles. The van der Waals surface area contributed by atoms with Gasteiger partial charge < -0.3 is 28.8 Å². The second-order valence-corrected chi connectivity index (χ2v) is 17.9. The molecule has 1 N–H and O–H groups in total. The van der Waals surface area contributed by atoms with E-state index >= 15 is 0 Å². The first kappa shape index (κ1) is 31.9. The van der Waals surface area contributed by atoms with Crippen molar-refractivity contribution >= 4 is 44.0 Å². The lowest BCUT2D eigenvalue weighted by atomic mass is 9.47. The summed E-state index contributed by atoms with van der Waals surface area (Å²) in [7, 11) is 0. The van der Waals surface area contributed by atoms with Gasteiger partial charge in [0.2, 0.25) is 5.60 Å². The molecule has 4 bridgehead atoms. The number of hydrogen-bond acceptors (Lipinski definition) is 9. The molecule has 14 atom stereocenters. The minimum Gasteiger partial charge on any atom is -0.457 e. The number of esters is 1. The monoisotopic (exact) mass is 742 g/mol. The Bertz CT molecular complexity index is 1410. The number of halogens is 2. The van der Waals surface area contributed by atoms with Crippen molar-refractivity contribution in [2.24, 2.45) is 33.5 Å². The van der Waals surface area contributed by atoms with E-state index in [0.717, 1.165) is 11.8 Å². The molecule has 8 unspecified atom stereocenters. The minimum absolute atomic E-state index is 0.00933. The molecule has 4 aliphatic carbocycles. The SMILES string of the molecule is CC1(C)C2C(O)C3OC(=O)[C@@]45O[C@@H]4CC1(O[C@]2(C)CBr)C35C.CC1(C)C2C=CC3(C)C1(C[C@H]1O[C@]13C)O[C@]2(C)CBr.O=C=O. The molecule has 0 radical (unpaired) electrons. The number of carbonyl (C=O) groups is 1. The Morgan fingerprint density at radius 1 is 0.864 bits per heavy atom. The highest BCUT2D eigenvalue weighted by Gasteiger charge is 2.97. The highest BCUT2D eigenvalue weighted by molar-refractivity contribution is 9.09. The summed E-state index contributed by atoms with van der Waals surface area (Å²) in [5.74, 6) is 0.0554. The number of carbonyl (C=O) groups excluding carboxylic acids is 3. The van der Waals surface area contributed by atoms with Gasteiger partial charge in [-0.1, -0.05) is 78.6 Å². The van der Waals surface area contributed by atoms with Crippen molar-refractivity contribution in [2.75, 3.05) is 10.7 Å². The smallest absolute Gasteiger partial charge is 0.373 e. The fraction of sp³-hybridized carbons (Fsp3) is 0.879. The number of rotatable bonds is 2. The largest absolute Gasteiger partial charge is 0.457 e. The highest BCUT2D eigenvalue weighted by Crippen LogP contribution is 2.82. The van der Waals surface area contributed by atoms with E-state index in [9.17, 15) is 9.90 Å². The van der Waals surface area contributed by atoms with E-state index in [-0.39, 0.29) is 57.2 Å². The van der Waals surface area contributed by atoms with Gasteiger partial charge in [-0.3, -0.25) is 0 Å². The third-order valence-electron chi connectivity index (χ3n) is 14.8. The molecular weight excluding hydrogens is 700 g/mol. The second kappa shape index (κ2) is 8.49. The van der Waals surface area contributed by atoms with Gasteiger partial charge in [0.05, 0.1) is 40.0 Å². The van der Waals surface area contributed by atoms with Crippen LogP contribution in [-0.2, 0) is 38.1 Å². The average molecular weight is 745 g/mol. The minimum atomic E-state index is -0.904. The number of aliphatic hydroxyl groups is 1. The Morgan fingerprint density at radius 2 is 1.43 bits per heavy atom. The lowest BCUT2D eigenvalue weighted by molar-refractivity contribution is -0.226. The Morgan fingerprint density at radius 3 is 2.02 bits per heavy atom. The van der Waals surface area contributed by atoms with Crippen molar-refractivity contribution in [2.45, 2.75) is 133 Å². The van der Waals surface area contributed by atoms with Crippen LogP contribution in [0.3, 0.4) is 0 Å². The summed E-state index contributed by atoms with van der Waals surface area (Å²) < 4.78 is 31.1. The fourth-order valence-corrected chi connectivity index (χ4v) is 13.5. The van der Waals surface area contributed by atoms with E-state index in [1.807, 2.05) is 6.92 Å². The first-order valence-corrected chi connectivity index (χ1v) is 17.9. The van der Waals surface area contributed by atoms with Crippen LogP contribution in [0.5, 0.6) is 0 Å². The van der Waals surface area contributed by atoms with E-state index < -0.39 is 34.4 Å². The number of ether oxygens (including phenoxy) is 5. The van der Waals surface area contributed by atoms with Gasteiger partial charge in [0, 0.05) is 51.6 Å². The first-order valence-electron chi connectivity index (χ1n) is 15.7. The molecule has 9 rings (SSSR count). The van der Waals surface area contributed by atoms with Crippen LogP contribution in [0.15, 0.2) is 12.2 Å². The molecule has 9 aliphatic rings. The van der Waals surface area contributed by atoms with Crippen LogP contribution < -0.4 is 0 Å². The van der Waals surface area contributed by atoms with E-state index in [1.54, 1.807) is 0 Å². The number of hydrogen-bond donors (Lipinski definition) is 1. The summed E-state index contributed by atoms with van der Waals surface area (Å²) in [6.45, 7) is 20.0. The van der Waals surface area contributed by atoms with Crippen LogP contribution in [0.2, 0.25) is 0 Å². The predicted octanol–water partition coefficient (Wildman–Crippen LogP) is 4.50. The van der Waals surface area contributed by atoms with Gasteiger partial charge in [0.1, 0.15) is 17.8 Å². The highest BCUT2D eigenvalue weighted by atomic mass is 79.9. The zero-order valence-electron chi connectivity index (χ0n) is 26.9. The summed E-state index contributed by atoms with van der Waals surface area (Å²) in [4.78, 5) is 28.8. The van der Waals surface area contributed by atoms with Gasteiger partial charge in [-0.15, -0.1) is 0 Å². The van der Waals surface area contributed by atoms with Gasteiger partial charge in [-0.2, -0.15) is 9.59 Å². The maximum atomic E-state index is 12.5. The molecule has 0 aromatic carbocycles. The summed E-state index contributed by atoms with van der Waals surface area (Å²) in [6.07, 6.45) is 5.74. The third kappa shape index (κ3) is 2.86. The lowest BCUT2D eigenvalue weighted by Crippen LogP contribution is -2.68. The van der Waals surface area contributed by atoms with Gasteiger partial charge in [-0.05, 0) is 27.7 Å². The molecule has 0 amide bonds. The van der Waals surface area contributed by atoms with Gasteiger partial charge in [0.25, 0.3) is 0 Å². The number of fused-ring (bicyclic) bond motifs is 4. The van der Waals surface area contributed by atoms with Gasteiger partial charge >= 0.3 is 12.1 Å². The number of alkyl halides is 2. The maximum Gasteiger partial charge on any atom is 0.373 e. The first-order chi connectivity index (χ1) is 20.2. The number of epoxide rings is 2. The summed E-state index contributed by atoms with van der Waals surface area (Å²) in [5, 5.41) is 12.6. The molecule has 9 nitrogen and oxygen atoms in total. The van der Waals surface area contributed by atoms with Crippen LogP contribution in [0.25, 0.3) is 0 Å². The molecule has 44 heavy (non-hydrogen) atoms. The Balaban J connectivity index is 0.000000132. The quantitative estimate of drug-likeness (QED) is 0.189. The van der Waals surface area contributed by atoms with Gasteiger partial charge in [0.15, 0.2) is 0 Å². The van der Waals surface area contributed by atoms with Crippen molar-refractivity contribution in [3.05, 3.63) is 12.2 Å². The molecule has 244 valence electrons. The summed E-state index contributed by atoms with van der Waals surface area (Å²) in [5.41, 5.74) is -2.87. The Labute approximate surface area is 275 Å². The van der Waals surface area contributed by atoms with Crippen molar-refractivity contribution in [3.8, 4) is 0 Å². The van der Waals surface area contributed by atoms with Crippen LogP contribution >= 0.6 is 31.9 Å². The van der Waals surface area contributed by atoms with Crippen LogP contribution in [0.1, 0.15) is 75.2 Å². The molecule has 0 aromatic rings. The molecule has 11 heteroatoms. The topological polar surface area (TPSA) is 124 Å². The zero-order valence-corrected chi connectivity index (χ0v) is 30.1. The van der Waals surface area contributed by atoms with Crippen molar-refractivity contribution in [1.82, 2.24) is 0 Å².